The standard InChI is InChI=1S/C22H23NO3/c1-5-25-22(24)19(13-23)11-18-12-20(17(4)10-16(18)3)14-26-21-8-6-15(2)7-9-21/h6-12H,5,14H2,1-4H3. The van der Waals surface area contributed by atoms with E-state index in [4.69, 9.17) is 9.47 Å². The zero-order chi connectivity index (χ0) is 19.1. The largest absolute Gasteiger partial charge is 0.489 e. The lowest BCUT2D eigenvalue weighted by Crippen LogP contribution is -2.06. The van der Waals surface area contributed by atoms with Crippen molar-refractivity contribution in [2.45, 2.75) is 34.3 Å². The summed E-state index contributed by atoms with van der Waals surface area (Å²) in [5.74, 6) is 0.198. The number of esters is 1. The van der Waals surface area contributed by atoms with Gasteiger partial charge in [0.05, 0.1) is 6.61 Å². The topological polar surface area (TPSA) is 59.3 Å². The summed E-state index contributed by atoms with van der Waals surface area (Å²) in [7, 11) is 0. The van der Waals surface area contributed by atoms with Crippen LogP contribution in [-0.2, 0) is 16.1 Å². The molecule has 4 heteroatoms. The molecule has 0 saturated heterocycles. The summed E-state index contributed by atoms with van der Waals surface area (Å²) in [6, 6.07) is 13.8. The molecule has 0 aliphatic heterocycles. The van der Waals surface area contributed by atoms with Gasteiger partial charge < -0.3 is 9.47 Å². The fourth-order valence-corrected chi connectivity index (χ4v) is 2.52. The van der Waals surface area contributed by atoms with E-state index in [2.05, 4.69) is 0 Å². The van der Waals surface area contributed by atoms with E-state index in [1.165, 1.54) is 5.56 Å². The van der Waals surface area contributed by atoms with Crippen LogP contribution in [0.5, 0.6) is 5.75 Å². The lowest BCUT2D eigenvalue weighted by Gasteiger charge is -2.12. The Kier molecular flexibility index (Phi) is 6.57. The zero-order valence-electron chi connectivity index (χ0n) is 15.6. The van der Waals surface area contributed by atoms with Gasteiger partial charge in [-0.1, -0.05) is 23.8 Å². The van der Waals surface area contributed by atoms with Crippen molar-refractivity contribution in [1.82, 2.24) is 0 Å². The second-order valence-electron chi connectivity index (χ2n) is 6.13. The lowest BCUT2D eigenvalue weighted by atomic mass is 9.98. The van der Waals surface area contributed by atoms with Crippen LogP contribution < -0.4 is 4.74 Å². The molecule has 2 rings (SSSR count). The number of benzene rings is 2. The maximum atomic E-state index is 11.8. The van der Waals surface area contributed by atoms with Crippen LogP contribution in [0.15, 0.2) is 42.0 Å². The average molecular weight is 349 g/mol. The number of nitriles is 1. The van der Waals surface area contributed by atoms with Crippen LogP contribution in [0.2, 0.25) is 0 Å². The highest BCUT2D eigenvalue weighted by Gasteiger charge is 2.12. The smallest absolute Gasteiger partial charge is 0.348 e. The van der Waals surface area contributed by atoms with Crippen molar-refractivity contribution in [1.29, 1.82) is 5.26 Å². The van der Waals surface area contributed by atoms with Crippen molar-refractivity contribution >= 4 is 12.0 Å². The third-order valence-electron chi connectivity index (χ3n) is 4.06. The van der Waals surface area contributed by atoms with Crippen LogP contribution in [-0.4, -0.2) is 12.6 Å². The molecule has 0 unspecified atom stereocenters. The van der Waals surface area contributed by atoms with Gasteiger partial charge in [-0.3, -0.25) is 0 Å². The van der Waals surface area contributed by atoms with Crippen molar-refractivity contribution in [2.24, 2.45) is 0 Å². The Labute approximate surface area is 154 Å². The van der Waals surface area contributed by atoms with Crippen LogP contribution >= 0.6 is 0 Å². The maximum absolute atomic E-state index is 11.8. The van der Waals surface area contributed by atoms with E-state index in [1.54, 1.807) is 13.0 Å². The second-order valence-corrected chi connectivity index (χ2v) is 6.13. The molecule has 0 spiro atoms. The molecular formula is C22H23NO3. The molecule has 0 amide bonds. The molecule has 0 saturated carbocycles. The van der Waals surface area contributed by atoms with Crippen LogP contribution in [0.4, 0.5) is 0 Å². The summed E-state index contributed by atoms with van der Waals surface area (Å²) in [4.78, 5) is 11.8. The summed E-state index contributed by atoms with van der Waals surface area (Å²) in [5.41, 5.74) is 5.06. The first kappa shape index (κ1) is 19.3. The van der Waals surface area contributed by atoms with E-state index in [1.807, 2.05) is 63.2 Å². The van der Waals surface area contributed by atoms with Gasteiger partial charge in [0.15, 0.2) is 0 Å². The Morgan fingerprint density at radius 3 is 2.42 bits per heavy atom. The SMILES string of the molecule is CCOC(=O)C(C#N)=Cc1cc(COc2ccc(C)cc2)c(C)cc1C. The minimum absolute atomic E-state index is 0.00999. The molecule has 0 atom stereocenters. The van der Waals surface area contributed by atoms with Gasteiger partial charge in [-0.05, 0) is 74.2 Å². The number of carbonyl (C=O) groups excluding carboxylic acids is 1. The van der Waals surface area contributed by atoms with Crippen molar-refractivity contribution in [3.8, 4) is 11.8 Å². The van der Waals surface area contributed by atoms with E-state index in [0.29, 0.717) is 6.61 Å². The normalized spacial score (nSPS) is 11.0. The van der Waals surface area contributed by atoms with Crippen LogP contribution in [0.25, 0.3) is 6.08 Å². The number of rotatable bonds is 6. The number of aryl methyl sites for hydroxylation is 3. The van der Waals surface area contributed by atoms with Crippen molar-refractivity contribution in [3.05, 3.63) is 69.8 Å². The molecule has 0 bridgehead atoms. The Bertz CT molecular complexity index is 858. The Balaban J connectivity index is 2.26. The van der Waals surface area contributed by atoms with Gasteiger partial charge in [0.1, 0.15) is 24.0 Å². The summed E-state index contributed by atoms with van der Waals surface area (Å²) in [6.45, 7) is 8.36. The molecule has 0 aliphatic rings. The van der Waals surface area contributed by atoms with Gasteiger partial charge in [-0.25, -0.2) is 4.79 Å². The maximum Gasteiger partial charge on any atom is 0.348 e. The highest BCUT2D eigenvalue weighted by molar-refractivity contribution is 5.98. The molecule has 0 N–H and O–H groups in total. The molecule has 0 fully saturated rings. The Morgan fingerprint density at radius 2 is 1.81 bits per heavy atom. The molecule has 4 nitrogen and oxygen atoms in total. The molecule has 134 valence electrons. The monoisotopic (exact) mass is 349 g/mol. The number of hydrogen-bond acceptors (Lipinski definition) is 4. The predicted molar refractivity (Wildman–Crippen MR) is 102 cm³/mol. The lowest BCUT2D eigenvalue weighted by molar-refractivity contribution is -0.137. The van der Waals surface area contributed by atoms with Gasteiger partial charge in [0, 0.05) is 0 Å². The van der Waals surface area contributed by atoms with Gasteiger partial charge in [0.2, 0.25) is 0 Å². The summed E-state index contributed by atoms with van der Waals surface area (Å²) in [5, 5.41) is 9.23. The Morgan fingerprint density at radius 1 is 1.12 bits per heavy atom. The van der Waals surface area contributed by atoms with E-state index in [-0.39, 0.29) is 12.2 Å². The van der Waals surface area contributed by atoms with Gasteiger partial charge in [0.25, 0.3) is 0 Å². The van der Waals surface area contributed by atoms with Gasteiger partial charge in [-0.15, -0.1) is 0 Å². The van der Waals surface area contributed by atoms with Gasteiger partial charge >= 0.3 is 5.97 Å². The van der Waals surface area contributed by atoms with Gasteiger partial charge in [-0.2, -0.15) is 5.26 Å². The van der Waals surface area contributed by atoms with Crippen LogP contribution in [0, 0.1) is 32.1 Å². The molecule has 0 radical (unpaired) electrons. The fourth-order valence-electron chi connectivity index (χ4n) is 2.52. The first-order valence-electron chi connectivity index (χ1n) is 8.53. The van der Waals surface area contributed by atoms with Crippen molar-refractivity contribution in [2.75, 3.05) is 6.61 Å². The molecular weight excluding hydrogens is 326 g/mol. The summed E-state index contributed by atoms with van der Waals surface area (Å²) in [6.07, 6.45) is 1.57. The third-order valence-corrected chi connectivity index (χ3v) is 4.06. The number of carbonyl (C=O) groups is 1. The molecule has 0 aliphatic carbocycles. The third kappa shape index (κ3) is 4.97. The van der Waals surface area contributed by atoms with Crippen LogP contribution in [0.3, 0.4) is 0 Å². The minimum Gasteiger partial charge on any atom is -0.489 e. The highest BCUT2D eigenvalue weighted by atomic mass is 16.5. The molecule has 26 heavy (non-hydrogen) atoms. The quantitative estimate of drug-likeness (QED) is 0.432. The first-order chi connectivity index (χ1) is 12.4. The number of nitrogens with zero attached hydrogens (tertiary/aromatic N) is 1. The average Bonchev–Trinajstić information content (AvgIpc) is 2.61. The van der Waals surface area contributed by atoms with E-state index in [9.17, 15) is 10.1 Å². The summed E-state index contributed by atoms with van der Waals surface area (Å²) < 4.78 is 10.8. The number of ether oxygens (including phenoxy) is 2. The van der Waals surface area contributed by atoms with Crippen molar-refractivity contribution in [3.63, 3.8) is 0 Å². The molecule has 0 heterocycles. The molecule has 2 aromatic carbocycles. The van der Waals surface area contributed by atoms with E-state index >= 15 is 0 Å². The van der Waals surface area contributed by atoms with Crippen LogP contribution in [0.1, 0.15) is 34.7 Å². The zero-order valence-corrected chi connectivity index (χ0v) is 15.6. The molecule has 2 aromatic rings. The number of hydrogen-bond donors (Lipinski definition) is 0. The fraction of sp³-hybridized carbons (Fsp3) is 0.273. The molecule has 0 aromatic heterocycles. The van der Waals surface area contributed by atoms with E-state index in [0.717, 1.165) is 28.0 Å². The minimum atomic E-state index is -0.604. The second kappa shape index (κ2) is 8.87. The summed E-state index contributed by atoms with van der Waals surface area (Å²) >= 11 is 0. The Hall–Kier alpha value is -3.06. The highest BCUT2D eigenvalue weighted by Crippen LogP contribution is 2.21. The van der Waals surface area contributed by atoms with Crippen molar-refractivity contribution < 1.29 is 14.3 Å². The first-order valence-corrected chi connectivity index (χ1v) is 8.53. The van der Waals surface area contributed by atoms with E-state index < -0.39 is 5.97 Å². The predicted octanol–water partition coefficient (Wildman–Crippen LogP) is 4.66.